The Kier molecular flexibility index (Phi) is 5.86. The zero-order chi connectivity index (χ0) is 22.9. The van der Waals surface area contributed by atoms with Crippen molar-refractivity contribution in [1.82, 2.24) is 14.7 Å². The predicted octanol–water partition coefficient (Wildman–Crippen LogP) is 4.60. The van der Waals surface area contributed by atoms with Crippen molar-refractivity contribution in [2.45, 2.75) is 13.5 Å². The molecule has 2 aromatic carbocycles. The van der Waals surface area contributed by atoms with E-state index >= 15 is 0 Å². The molecule has 0 saturated carbocycles. The summed E-state index contributed by atoms with van der Waals surface area (Å²) in [6.45, 7) is 6.61. The number of halogens is 1. The van der Waals surface area contributed by atoms with Crippen LogP contribution in [-0.4, -0.2) is 53.8 Å². The van der Waals surface area contributed by atoms with Crippen LogP contribution in [0.4, 0.5) is 15.8 Å². The maximum absolute atomic E-state index is 13.2. The van der Waals surface area contributed by atoms with Gasteiger partial charge in [-0.1, -0.05) is 12.1 Å². The maximum Gasteiger partial charge on any atom is 0.265 e. The monoisotopic (exact) mass is 463 g/mol. The molecule has 33 heavy (non-hydrogen) atoms. The summed E-state index contributed by atoms with van der Waals surface area (Å²) in [5, 5.41) is 8.59. The van der Waals surface area contributed by atoms with Gasteiger partial charge in [-0.2, -0.15) is 5.10 Å². The minimum absolute atomic E-state index is 0.128. The third-order valence-corrected chi connectivity index (χ3v) is 7.22. The van der Waals surface area contributed by atoms with Gasteiger partial charge in [-0.3, -0.25) is 9.48 Å². The zero-order valence-electron chi connectivity index (χ0n) is 18.7. The summed E-state index contributed by atoms with van der Waals surface area (Å²) < 4.78 is 15.1. The molecule has 1 aliphatic heterocycles. The number of nitrogens with zero attached hydrogens (tertiary/aromatic N) is 4. The molecular weight excluding hydrogens is 437 g/mol. The van der Waals surface area contributed by atoms with Crippen LogP contribution in [0.3, 0.4) is 0 Å². The average Bonchev–Trinajstić information content (AvgIpc) is 3.38. The van der Waals surface area contributed by atoms with Crippen molar-refractivity contribution in [3.8, 4) is 0 Å². The van der Waals surface area contributed by atoms with Crippen molar-refractivity contribution in [2.75, 3.05) is 43.4 Å². The van der Waals surface area contributed by atoms with E-state index in [2.05, 4.69) is 39.4 Å². The molecule has 1 aliphatic rings. The van der Waals surface area contributed by atoms with Crippen LogP contribution in [0.2, 0.25) is 0 Å². The van der Waals surface area contributed by atoms with Gasteiger partial charge in [0.2, 0.25) is 0 Å². The molecule has 0 unspecified atom stereocenters. The van der Waals surface area contributed by atoms with Gasteiger partial charge in [0.05, 0.1) is 17.1 Å². The Morgan fingerprint density at radius 3 is 2.45 bits per heavy atom. The van der Waals surface area contributed by atoms with Crippen molar-refractivity contribution in [2.24, 2.45) is 0 Å². The fraction of sp³-hybridized carbons (Fsp3) is 0.280. The van der Waals surface area contributed by atoms with Gasteiger partial charge < -0.3 is 15.1 Å². The number of benzene rings is 2. The molecule has 0 aliphatic carbocycles. The second-order valence-corrected chi connectivity index (χ2v) is 9.52. The first-order valence-corrected chi connectivity index (χ1v) is 11.8. The second-order valence-electron chi connectivity index (χ2n) is 8.49. The van der Waals surface area contributed by atoms with Crippen LogP contribution >= 0.6 is 11.3 Å². The summed E-state index contributed by atoms with van der Waals surface area (Å²) in [7, 11) is 2.14. The SMILES string of the molecule is Cc1nn(Cc2ccc(F)cc2)c2sc(C(=O)Nc3ccc(N4CCN(C)CC4)cc3)cc12. The van der Waals surface area contributed by atoms with E-state index in [1.807, 2.05) is 29.8 Å². The highest BCUT2D eigenvalue weighted by molar-refractivity contribution is 7.20. The first kappa shape index (κ1) is 21.6. The molecule has 1 saturated heterocycles. The molecule has 3 heterocycles. The number of thiophene rings is 1. The highest BCUT2D eigenvalue weighted by Crippen LogP contribution is 2.30. The molecule has 5 rings (SSSR count). The summed E-state index contributed by atoms with van der Waals surface area (Å²) in [6, 6.07) is 16.4. The molecule has 1 amide bonds. The molecule has 4 aromatic rings. The molecular formula is C25H26FN5OS. The number of anilines is 2. The normalized spacial score (nSPS) is 14.7. The highest BCUT2D eigenvalue weighted by Gasteiger charge is 2.18. The van der Waals surface area contributed by atoms with E-state index in [0.717, 1.165) is 53.3 Å². The van der Waals surface area contributed by atoms with Crippen LogP contribution in [-0.2, 0) is 6.54 Å². The van der Waals surface area contributed by atoms with E-state index < -0.39 is 0 Å². The quantitative estimate of drug-likeness (QED) is 0.470. The Bertz CT molecular complexity index is 1270. The average molecular weight is 464 g/mol. The minimum Gasteiger partial charge on any atom is -0.369 e. The van der Waals surface area contributed by atoms with E-state index in [-0.39, 0.29) is 11.7 Å². The Balaban J connectivity index is 1.30. The zero-order valence-corrected chi connectivity index (χ0v) is 19.5. The lowest BCUT2D eigenvalue weighted by Gasteiger charge is -2.34. The molecule has 2 aromatic heterocycles. The molecule has 1 N–H and O–H groups in total. The lowest BCUT2D eigenvalue weighted by molar-refractivity contribution is 0.103. The Labute approximate surface area is 196 Å². The predicted molar refractivity (Wildman–Crippen MR) is 132 cm³/mol. The third kappa shape index (κ3) is 4.62. The highest BCUT2D eigenvalue weighted by atomic mass is 32.1. The number of fused-ring (bicyclic) bond motifs is 1. The van der Waals surface area contributed by atoms with Crippen molar-refractivity contribution in [3.05, 3.63) is 76.5 Å². The van der Waals surface area contributed by atoms with Gasteiger partial charge in [0.1, 0.15) is 10.6 Å². The smallest absolute Gasteiger partial charge is 0.265 e. The van der Waals surface area contributed by atoms with Crippen molar-refractivity contribution in [1.29, 1.82) is 0 Å². The number of rotatable bonds is 5. The molecule has 8 heteroatoms. The number of piperazine rings is 1. The van der Waals surface area contributed by atoms with Gasteiger partial charge in [-0.05, 0) is 62.0 Å². The van der Waals surface area contributed by atoms with E-state index in [4.69, 9.17) is 0 Å². The Morgan fingerprint density at radius 1 is 1.06 bits per heavy atom. The van der Waals surface area contributed by atoms with E-state index in [1.54, 1.807) is 12.1 Å². The maximum atomic E-state index is 13.2. The standard InChI is InChI=1S/C25H26FN5OS/c1-17-22-15-23(33-25(22)31(28-17)16-18-3-5-19(26)6-4-18)24(32)27-20-7-9-21(10-8-20)30-13-11-29(2)12-14-30/h3-10,15H,11-14,16H2,1-2H3,(H,27,32). The molecule has 6 nitrogen and oxygen atoms in total. The summed E-state index contributed by atoms with van der Waals surface area (Å²) >= 11 is 1.42. The van der Waals surface area contributed by atoms with Crippen molar-refractivity contribution >= 4 is 38.8 Å². The summed E-state index contributed by atoms with van der Waals surface area (Å²) in [6.07, 6.45) is 0. The Hall–Kier alpha value is -3.23. The molecule has 0 radical (unpaired) electrons. The molecule has 0 spiro atoms. The number of likely N-dealkylation sites (N-methyl/N-ethyl adjacent to an activating group) is 1. The third-order valence-electron chi connectivity index (χ3n) is 6.07. The number of aryl methyl sites for hydroxylation is 1. The Morgan fingerprint density at radius 2 is 1.76 bits per heavy atom. The molecule has 0 bridgehead atoms. The summed E-state index contributed by atoms with van der Waals surface area (Å²) in [5.41, 5.74) is 3.79. The van der Waals surface area contributed by atoms with Gasteiger partial charge in [0.15, 0.2) is 0 Å². The molecule has 0 atom stereocenters. The molecule has 170 valence electrons. The first-order chi connectivity index (χ1) is 16.0. The lowest BCUT2D eigenvalue weighted by Crippen LogP contribution is -2.44. The number of hydrogen-bond donors (Lipinski definition) is 1. The van der Waals surface area contributed by atoms with E-state index in [0.29, 0.717) is 11.4 Å². The van der Waals surface area contributed by atoms with Crippen molar-refractivity contribution < 1.29 is 9.18 Å². The van der Waals surface area contributed by atoms with E-state index in [9.17, 15) is 9.18 Å². The van der Waals surface area contributed by atoms with Gasteiger partial charge in [0.25, 0.3) is 5.91 Å². The lowest BCUT2D eigenvalue weighted by atomic mass is 10.2. The molecule has 1 fully saturated rings. The largest absolute Gasteiger partial charge is 0.369 e. The minimum atomic E-state index is -0.257. The number of carbonyl (C=O) groups is 1. The summed E-state index contributed by atoms with van der Waals surface area (Å²) in [5.74, 6) is -0.386. The number of aromatic nitrogens is 2. The number of amides is 1. The van der Waals surface area contributed by atoms with Crippen LogP contribution < -0.4 is 10.2 Å². The van der Waals surface area contributed by atoms with Crippen LogP contribution in [0.1, 0.15) is 20.9 Å². The van der Waals surface area contributed by atoms with Gasteiger partial charge in [-0.25, -0.2) is 4.39 Å². The number of nitrogens with one attached hydrogen (secondary N) is 1. The second kappa shape index (κ2) is 8.96. The van der Waals surface area contributed by atoms with Crippen LogP contribution in [0.5, 0.6) is 0 Å². The number of carbonyl (C=O) groups excluding carboxylic acids is 1. The van der Waals surface area contributed by atoms with Crippen LogP contribution in [0, 0.1) is 12.7 Å². The van der Waals surface area contributed by atoms with Crippen LogP contribution in [0.25, 0.3) is 10.2 Å². The van der Waals surface area contributed by atoms with Gasteiger partial charge >= 0.3 is 0 Å². The summed E-state index contributed by atoms with van der Waals surface area (Å²) in [4.78, 5) is 19.2. The first-order valence-electron chi connectivity index (χ1n) is 11.0. The fourth-order valence-electron chi connectivity index (χ4n) is 4.11. The van der Waals surface area contributed by atoms with Crippen molar-refractivity contribution in [3.63, 3.8) is 0 Å². The number of hydrogen-bond acceptors (Lipinski definition) is 5. The topological polar surface area (TPSA) is 53.4 Å². The van der Waals surface area contributed by atoms with Crippen LogP contribution in [0.15, 0.2) is 54.6 Å². The van der Waals surface area contributed by atoms with Gasteiger partial charge in [0, 0.05) is 42.9 Å². The van der Waals surface area contributed by atoms with E-state index in [1.165, 1.54) is 29.2 Å². The van der Waals surface area contributed by atoms with Gasteiger partial charge in [-0.15, -0.1) is 11.3 Å². The fourth-order valence-corrected chi connectivity index (χ4v) is 5.16.